The molecule has 3 aromatic rings. The summed E-state index contributed by atoms with van der Waals surface area (Å²) in [6.45, 7) is 0.971. The number of fused-ring (bicyclic) bond motifs is 1. The predicted molar refractivity (Wildman–Crippen MR) is 115 cm³/mol. The lowest BCUT2D eigenvalue weighted by atomic mass is 10.0. The molecule has 2 aliphatic rings. The van der Waals surface area contributed by atoms with E-state index < -0.39 is 10.0 Å². The van der Waals surface area contributed by atoms with Gasteiger partial charge in [0.1, 0.15) is 9.22 Å². The van der Waals surface area contributed by atoms with Gasteiger partial charge in [-0.3, -0.25) is 4.79 Å². The van der Waals surface area contributed by atoms with Crippen LogP contribution in [0.1, 0.15) is 33.6 Å². The third kappa shape index (κ3) is 4.03. The van der Waals surface area contributed by atoms with Crippen LogP contribution < -0.4 is 14.8 Å². The number of amides is 1. The Kier molecular flexibility index (Phi) is 5.38. The number of rotatable bonds is 5. The molecule has 0 unspecified atom stereocenters. The number of carbonyl (C=O) groups excluding carboxylic acids is 1. The van der Waals surface area contributed by atoms with Crippen molar-refractivity contribution in [2.45, 2.75) is 23.0 Å². The van der Waals surface area contributed by atoms with E-state index in [-0.39, 0.29) is 23.6 Å². The van der Waals surface area contributed by atoms with Crippen molar-refractivity contribution in [3.05, 3.63) is 45.7 Å². The van der Waals surface area contributed by atoms with Crippen molar-refractivity contribution in [3.63, 3.8) is 0 Å². The molecule has 4 heterocycles. The van der Waals surface area contributed by atoms with Crippen LogP contribution >= 0.6 is 22.7 Å². The number of carbonyl (C=O) groups is 1. The first-order valence-electron chi connectivity index (χ1n) is 9.59. The van der Waals surface area contributed by atoms with E-state index in [2.05, 4.69) is 15.5 Å². The van der Waals surface area contributed by atoms with E-state index in [4.69, 9.17) is 9.47 Å². The fourth-order valence-corrected chi connectivity index (χ4v) is 7.08. The molecule has 9 nitrogen and oxygen atoms in total. The first-order valence-corrected chi connectivity index (χ1v) is 12.7. The van der Waals surface area contributed by atoms with Gasteiger partial charge in [-0.2, -0.15) is 4.31 Å². The van der Waals surface area contributed by atoms with Gasteiger partial charge in [0.05, 0.1) is 0 Å². The van der Waals surface area contributed by atoms with E-state index in [0.717, 1.165) is 12.8 Å². The summed E-state index contributed by atoms with van der Waals surface area (Å²) in [5, 5.41) is 13.6. The smallest absolute Gasteiger partial charge is 0.286 e. The van der Waals surface area contributed by atoms with Crippen LogP contribution in [-0.4, -0.2) is 48.7 Å². The fourth-order valence-electron chi connectivity index (χ4n) is 3.55. The number of benzene rings is 1. The molecule has 0 spiro atoms. The Morgan fingerprint density at radius 3 is 2.90 bits per heavy atom. The third-order valence-electron chi connectivity index (χ3n) is 5.09. The zero-order chi connectivity index (χ0) is 21.4. The van der Waals surface area contributed by atoms with Gasteiger partial charge >= 0.3 is 0 Å². The van der Waals surface area contributed by atoms with E-state index in [1.807, 2.05) is 0 Å². The highest BCUT2D eigenvalue weighted by Crippen LogP contribution is 2.35. The van der Waals surface area contributed by atoms with Gasteiger partial charge in [0, 0.05) is 30.8 Å². The van der Waals surface area contributed by atoms with Gasteiger partial charge < -0.3 is 14.8 Å². The van der Waals surface area contributed by atoms with Gasteiger partial charge in [0.2, 0.25) is 11.8 Å². The minimum atomic E-state index is -3.51. The molecule has 0 bridgehead atoms. The highest BCUT2D eigenvalue weighted by Gasteiger charge is 2.33. The summed E-state index contributed by atoms with van der Waals surface area (Å²) < 4.78 is 38.1. The molecular weight excluding hydrogens is 460 g/mol. The summed E-state index contributed by atoms with van der Waals surface area (Å²) in [6.07, 6.45) is 1.53. The molecule has 2 aliphatic heterocycles. The van der Waals surface area contributed by atoms with Crippen molar-refractivity contribution < 1.29 is 22.7 Å². The molecule has 1 saturated heterocycles. The largest absolute Gasteiger partial charge is 0.454 e. The summed E-state index contributed by atoms with van der Waals surface area (Å²) in [5.74, 6) is 0.745. The first-order chi connectivity index (χ1) is 15.0. The number of ether oxygens (including phenoxy) is 2. The van der Waals surface area contributed by atoms with Crippen LogP contribution in [0.15, 0.2) is 39.9 Å². The highest BCUT2D eigenvalue weighted by atomic mass is 32.2. The Morgan fingerprint density at radius 2 is 2.06 bits per heavy atom. The summed E-state index contributed by atoms with van der Waals surface area (Å²) >= 11 is 2.41. The predicted octanol–water partition coefficient (Wildman–Crippen LogP) is 3.15. The second kappa shape index (κ2) is 8.19. The van der Waals surface area contributed by atoms with Crippen LogP contribution in [0.5, 0.6) is 11.5 Å². The number of hydrogen-bond acceptors (Lipinski definition) is 9. The third-order valence-corrected chi connectivity index (χ3v) is 9.41. The number of anilines is 1. The van der Waals surface area contributed by atoms with Gasteiger partial charge in [-0.15, -0.1) is 21.5 Å². The second-order valence-corrected chi connectivity index (χ2v) is 11.2. The Bertz CT molecular complexity index is 1210. The molecule has 12 heteroatoms. The van der Waals surface area contributed by atoms with Crippen LogP contribution in [0.4, 0.5) is 5.69 Å². The molecule has 1 N–H and O–H groups in total. The van der Waals surface area contributed by atoms with Gasteiger partial charge in [-0.1, -0.05) is 17.4 Å². The first kappa shape index (κ1) is 20.4. The number of sulfonamides is 1. The Hall–Kier alpha value is -2.54. The lowest BCUT2D eigenvalue weighted by Crippen LogP contribution is -2.38. The van der Waals surface area contributed by atoms with E-state index in [0.29, 0.717) is 39.5 Å². The molecule has 31 heavy (non-hydrogen) atoms. The molecule has 162 valence electrons. The molecular formula is C19H18N4O5S3. The van der Waals surface area contributed by atoms with Crippen molar-refractivity contribution in [1.29, 1.82) is 0 Å². The Morgan fingerprint density at radius 1 is 1.19 bits per heavy atom. The summed E-state index contributed by atoms with van der Waals surface area (Å²) in [7, 11) is -3.51. The van der Waals surface area contributed by atoms with Crippen molar-refractivity contribution in [2.75, 3.05) is 25.2 Å². The van der Waals surface area contributed by atoms with E-state index in [9.17, 15) is 13.2 Å². The van der Waals surface area contributed by atoms with E-state index >= 15 is 0 Å². The SMILES string of the molecule is O=C(Nc1ccc2c(c1)OCO2)c1nnc([C@H]2CCCN(S(=O)(=O)c3cccs3)C2)s1. The number of thiophene rings is 1. The normalized spacial score (nSPS) is 18.8. The lowest BCUT2D eigenvalue weighted by Gasteiger charge is -2.30. The molecule has 2 aromatic heterocycles. The fraction of sp³-hybridized carbons (Fsp3) is 0.316. The summed E-state index contributed by atoms with van der Waals surface area (Å²) in [5.41, 5.74) is 0.567. The highest BCUT2D eigenvalue weighted by molar-refractivity contribution is 7.91. The number of hydrogen-bond donors (Lipinski definition) is 1. The number of nitrogens with one attached hydrogen (secondary N) is 1. The summed E-state index contributed by atoms with van der Waals surface area (Å²) in [6, 6.07) is 8.49. The average molecular weight is 479 g/mol. The maximum Gasteiger partial charge on any atom is 0.286 e. The maximum atomic E-state index is 12.8. The average Bonchev–Trinajstić information content (AvgIpc) is 3.55. The Labute approximate surface area is 186 Å². The Balaban J connectivity index is 1.28. The van der Waals surface area contributed by atoms with Crippen molar-refractivity contribution in [2.24, 2.45) is 0 Å². The van der Waals surface area contributed by atoms with Gasteiger partial charge in [0.25, 0.3) is 15.9 Å². The van der Waals surface area contributed by atoms with Gasteiger partial charge in [-0.25, -0.2) is 8.42 Å². The molecule has 0 aliphatic carbocycles. The van der Waals surface area contributed by atoms with Crippen LogP contribution in [0.25, 0.3) is 0 Å². The van der Waals surface area contributed by atoms with E-state index in [1.165, 1.54) is 27.0 Å². The minimum absolute atomic E-state index is 0.0897. The van der Waals surface area contributed by atoms with Crippen LogP contribution in [0, 0.1) is 0 Å². The lowest BCUT2D eigenvalue weighted by molar-refractivity contribution is 0.102. The topological polar surface area (TPSA) is 111 Å². The molecule has 0 radical (unpaired) electrons. The number of aromatic nitrogens is 2. The number of nitrogens with zero attached hydrogens (tertiary/aromatic N) is 3. The molecule has 1 fully saturated rings. The second-order valence-electron chi connectivity index (χ2n) is 7.10. The maximum absolute atomic E-state index is 12.8. The van der Waals surface area contributed by atoms with Crippen molar-refractivity contribution in [1.82, 2.24) is 14.5 Å². The van der Waals surface area contributed by atoms with Crippen LogP contribution in [-0.2, 0) is 10.0 Å². The van der Waals surface area contributed by atoms with Crippen molar-refractivity contribution in [3.8, 4) is 11.5 Å². The van der Waals surface area contributed by atoms with Crippen LogP contribution in [0.3, 0.4) is 0 Å². The minimum Gasteiger partial charge on any atom is -0.454 e. The molecule has 1 amide bonds. The van der Waals surface area contributed by atoms with E-state index in [1.54, 1.807) is 35.7 Å². The van der Waals surface area contributed by atoms with Crippen LogP contribution in [0.2, 0.25) is 0 Å². The standard InChI is InChI=1S/C19H18N4O5S3/c24-17(20-13-5-6-14-15(9-13)28-11-27-14)19-22-21-18(30-19)12-3-1-7-23(10-12)31(25,26)16-4-2-8-29-16/h2,4-6,8-9,12H,1,3,7,10-11H2,(H,20,24)/t12-/m0/s1. The molecule has 1 aromatic carbocycles. The monoisotopic (exact) mass is 478 g/mol. The quantitative estimate of drug-likeness (QED) is 0.600. The van der Waals surface area contributed by atoms with Crippen molar-refractivity contribution >= 4 is 44.3 Å². The zero-order valence-electron chi connectivity index (χ0n) is 16.2. The van der Waals surface area contributed by atoms with Gasteiger partial charge in [-0.05, 0) is 36.4 Å². The molecule has 1 atom stereocenters. The molecule has 0 saturated carbocycles. The van der Waals surface area contributed by atoms with Gasteiger partial charge in [0.15, 0.2) is 11.5 Å². The summed E-state index contributed by atoms with van der Waals surface area (Å²) in [4.78, 5) is 12.6. The molecule has 5 rings (SSSR count). The zero-order valence-corrected chi connectivity index (χ0v) is 18.6. The number of piperidine rings is 1.